The van der Waals surface area contributed by atoms with Gasteiger partial charge in [-0.2, -0.15) is 0 Å². The molecule has 0 saturated carbocycles. The molecular formula is C23H27N3. The van der Waals surface area contributed by atoms with Gasteiger partial charge in [-0.25, -0.2) is 0 Å². The van der Waals surface area contributed by atoms with Crippen molar-refractivity contribution in [2.75, 3.05) is 36.0 Å². The van der Waals surface area contributed by atoms with E-state index in [0.29, 0.717) is 5.41 Å². The van der Waals surface area contributed by atoms with Gasteiger partial charge in [0.2, 0.25) is 0 Å². The number of aryl methyl sites for hydroxylation is 2. The molecule has 4 aliphatic heterocycles. The van der Waals surface area contributed by atoms with Crippen LogP contribution in [0.4, 0.5) is 11.4 Å². The fourth-order valence-electron chi connectivity index (χ4n) is 6.47. The molecule has 3 fully saturated rings. The highest BCUT2D eigenvalue weighted by atomic mass is 15.7. The predicted octanol–water partition coefficient (Wildman–Crippen LogP) is 3.94. The zero-order valence-electron chi connectivity index (χ0n) is 15.8. The Hall–Kier alpha value is -2.00. The normalized spacial score (nSPS) is 31.5. The molecule has 3 nitrogen and oxygen atoms in total. The first-order valence-electron chi connectivity index (χ1n) is 10.1. The van der Waals surface area contributed by atoms with Crippen LogP contribution in [0, 0.1) is 19.3 Å². The summed E-state index contributed by atoms with van der Waals surface area (Å²) in [6, 6.07) is 16.1. The van der Waals surface area contributed by atoms with E-state index in [1.807, 2.05) is 0 Å². The van der Waals surface area contributed by atoms with Crippen LogP contribution in [-0.4, -0.2) is 36.9 Å². The fraction of sp³-hybridized carbons (Fsp3) is 0.478. The van der Waals surface area contributed by atoms with E-state index in [1.54, 1.807) is 0 Å². The van der Waals surface area contributed by atoms with Crippen molar-refractivity contribution in [2.24, 2.45) is 5.41 Å². The quantitative estimate of drug-likeness (QED) is 0.816. The predicted molar refractivity (Wildman–Crippen MR) is 107 cm³/mol. The third-order valence-corrected chi connectivity index (χ3v) is 7.58. The lowest BCUT2D eigenvalue weighted by molar-refractivity contribution is -0.147. The maximum absolute atomic E-state index is 2.78. The van der Waals surface area contributed by atoms with Gasteiger partial charge < -0.3 is 9.80 Å². The van der Waals surface area contributed by atoms with Crippen LogP contribution in [0.5, 0.6) is 0 Å². The molecule has 134 valence electrons. The van der Waals surface area contributed by atoms with E-state index in [1.165, 1.54) is 73.5 Å². The molecule has 0 amide bonds. The SMILES string of the molecule is Cc1cc2c(cc1C)N1CCC3(Cc4ccccc4)CN4CCCN2C413. The van der Waals surface area contributed by atoms with Gasteiger partial charge in [-0.1, -0.05) is 30.3 Å². The van der Waals surface area contributed by atoms with Crippen LogP contribution >= 0.6 is 0 Å². The summed E-state index contributed by atoms with van der Waals surface area (Å²) in [6.45, 7) is 9.40. The molecule has 0 aliphatic carbocycles. The Morgan fingerprint density at radius 3 is 2.31 bits per heavy atom. The highest BCUT2D eigenvalue weighted by Crippen LogP contribution is 2.67. The maximum Gasteiger partial charge on any atom is 0.179 e. The lowest BCUT2D eigenvalue weighted by atomic mass is 9.66. The summed E-state index contributed by atoms with van der Waals surface area (Å²) in [6.07, 6.45) is 3.79. The average molecular weight is 345 g/mol. The molecule has 0 bridgehead atoms. The topological polar surface area (TPSA) is 9.72 Å². The summed E-state index contributed by atoms with van der Waals surface area (Å²) in [5.41, 5.74) is 7.66. The van der Waals surface area contributed by atoms with E-state index >= 15 is 0 Å². The van der Waals surface area contributed by atoms with Crippen LogP contribution in [0.25, 0.3) is 0 Å². The Morgan fingerprint density at radius 1 is 0.885 bits per heavy atom. The lowest BCUT2D eigenvalue weighted by Gasteiger charge is -2.69. The molecule has 26 heavy (non-hydrogen) atoms. The molecule has 2 aromatic rings. The van der Waals surface area contributed by atoms with Gasteiger partial charge in [-0.15, -0.1) is 0 Å². The Labute approximate surface area is 156 Å². The number of rotatable bonds is 2. The second-order valence-corrected chi connectivity index (χ2v) is 8.83. The Morgan fingerprint density at radius 2 is 1.58 bits per heavy atom. The Balaban J connectivity index is 1.51. The number of benzene rings is 2. The van der Waals surface area contributed by atoms with Crippen LogP contribution < -0.4 is 9.80 Å². The number of fused-ring (bicyclic) bond motifs is 3. The molecular weight excluding hydrogens is 318 g/mol. The molecule has 1 spiro atoms. The average Bonchev–Trinajstić information content (AvgIpc) is 3.03. The summed E-state index contributed by atoms with van der Waals surface area (Å²) < 4.78 is 0. The van der Waals surface area contributed by atoms with Crippen LogP contribution in [0.2, 0.25) is 0 Å². The van der Waals surface area contributed by atoms with Crippen LogP contribution in [0.3, 0.4) is 0 Å². The van der Waals surface area contributed by atoms with Crippen molar-refractivity contribution in [3.63, 3.8) is 0 Å². The molecule has 3 heteroatoms. The van der Waals surface area contributed by atoms with Gasteiger partial charge in [0.25, 0.3) is 0 Å². The minimum Gasteiger partial charge on any atom is -0.334 e. The van der Waals surface area contributed by atoms with Crippen molar-refractivity contribution in [3.8, 4) is 0 Å². The van der Waals surface area contributed by atoms with Crippen molar-refractivity contribution >= 4 is 11.4 Å². The Bertz CT molecular complexity index is 871. The van der Waals surface area contributed by atoms with Gasteiger partial charge in [0, 0.05) is 31.6 Å². The highest BCUT2D eigenvalue weighted by molar-refractivity contribution is 5.83. The van der Waals surface area contributed by atoms with E-state index < -0.39 is 0 Å². The zero-order valence-corrected chi connectivity index (χ0v) is 15.8. The maximum atomic E-state index is 2.78. The second kappa shape index (κ2) is 4.83. The van der Waals surface area contributed by atoms with E-state index in [2.05, 4.69) is 71.0 Å². The monoisotopic (exact) mass is 345 g/mol. The van der Waals surface area contributed by atoms with Gasteiger partial charge in [-0.05, 0) is 61.9 Å². The van der Waals surface area contributed by atoms with Crippen LogP contribution in [0.15, 0.2) is 42.5 Å². The first-order valence-corrected chi connectivity index (χ1v) is 10.1. The van der Waals surface area contributed by atoms with Crippen LogP contribution in [-0.2, 0) is 6.42 Å². The molecule has 4 heterocycles. The van der Waals surface area contributed by atoms with Crippen molar-refractivity contribution < 1.29 is 0 Å². The van der Waals surface area contributed by atoms with Gasteiger partial charge in [-0.3, -0.25) is 4.90 Å². The standard InChI is InChI=1S/C23H27N3/c1-17-13-20-21(14-18(17)2)26-12-9-22(15-19-7-4-3-5-8-19)16-24-10-6-11-25(20)23(22,24)26/h3-5,7-8,13-14H,6,9-12,15-16H2,1-2H3. The summed E-state index contributed by atoms with van der Waals surface area (Å²) >= 11 is 0. The van der Waals surface area contributed by atoms with Gasteiger partial charge in [0.05, 0.1) is 11.4 Å². The van der Waals surface area contributed by atoms with E-state index in [-0.39, 0.29) is 5.79 Å². The second-order valence-electron chi connectivity index (χ2n) is 8.83. The third-order valence-electron chi connectivity index (χ3n) is 7.58. The molecule has 2 unspecified atom stereocenters. The van der Waals surface area contributed by atoms with Crippen molar-refractivity contribution in [1.82, 2.24) is 4.90 Å². The molecule has 2 atom stereocenters. The van der Waals surface area contributed by atoms with Gasteiger partial charge in [0.1, 0.15) is 0 Å². The Kier molecular flexibility index (Phi) is 2.81. The van der Waals surface area contributed by atoms with Crippen molar-refractivity contribution in [3.05, 3.63) is 59.2 Å². The van der Waals surface area contributed by atoms with Crippen molar-refractivity contribution in [1.29, 1.82) is 0 Å². The summed E-state index contributed by atoms with van der Waals surface area (Å²) in [7, 11) is 0. The first-order chi connectivity index (χ1) is 12.7. The van der Waals surface area contributed by atoms with Crippen LogP contribution in [0.1, 0.15) is 29.5 Å². The van der Waals surface area contributed by atoms with Crippen molar-refractivity contribution in [2.45, 2.75) is 38.9 Å². The highest BCUT2D eigenvalue weighted by Gasteiger charge is 2.76. The lowest BCUT2D eigenvalue weighted by Crippen LogP contribution is -2.84. The third kappa shape index (κ3) is 1.55. The summed E-state index contributed by atoms with van der Waals surface area (Å²) in [5.74, 6) is 0.101. The molecule has 0 N–H and O–H groups in total. The molecule has 2 aromatic carbocycles. The first kappa shape index (κ1) is 15.1. The zero-order chi connectivity index (χ0) is 17.5. The number of hydrogen-bond acceptors (Lipinski definition) is 3. The summed E-state index contributed by atoms with van der Waals surface area (Å²) in [5, 5.41) is 0. The molecule has 0 radical (unpaired) electrons. The minimum atomic E-state index is 0.101. The largest absolute Gasteiger partial charge is 0.334 e. The number of nitrogens with zero attached hydrogens (tertiary/aromatic N) is 3. The molecule has 0 aromatic heterocycles. The fourth-order valence-corrected chi connectivity index (χ4v) is 6.47. The van der Waals surface area contributed by atoms with Gasteiger partial charge >= 0.3 is 0 Å². The minimum absolute atomic E-state index is 0.101. The smallest absolute Gasteiger partial charge is 0.179 e. The molecule has 6 rings (SSSR count). The van der Waals surface area contributed by atoms with Gasteiger partial charge in [0.15, 0.2) is 5.79 Å². The van der Waals surface area contributed by atoms with E-state index in [4.69, 9.17) is 0 Å². The molecule has 4 aliphatic rings. The van der Waals surface area contributed by atoms with E-state index in [9.17, 15) is 0 Å². The number of anilines is 2. The number of hydrogen-bond donors (Lipinski definition) is 0. The molecule has 3 saturated heterocycles. The summed E-state index contributed by atoms with van der Waals surface area (Å²) in [4.78, 5) is 8.31. The van der Waals surface area contributed by atoms with E-state index in [0.717, 1.165) is 0 Å².